The highest BCUT2D eigenvalue weighted by Crippen LogP contribution is 2.52. The summed E-state index contributed by atoms with van der Waals surface area (Å²) < 4.78 is 35.6. The van der Waals surface area contributed by atoms with Gasteiger partial charge in [0.05, 0.1) is 16.7 Å². The Morgan fingerprint density at radius 1 is 1.06 bits per heavy atom. The van der Waals surface area contributed by atoms with Gasteiger partial charge in [-0.25, -0.2) is 9.78 Å². The van der Waals surface area contributed by atoms with Gasteiger partial charge in [0.15, 0.2) is 11.5 Å². The van der Waals surface area contributed by atoms with E-state index in [1.807, 2.05) is 6.92 Å². The summed E-state index contributed by atoms with van der Waals surface area (Å²) >= 11 is 0. The van der Waals surface area contributed by atoms with E-state index in [2.05, 4.69) is 19.8 Å². The first-order valence-electron chi connectivity index (χ1n) is 10.2. The number of halogens is 2. The number of carbonyl (C=O) groups is 2. The van der Waals surface area contributed by atoms with Crippen molar-refractivity contribution in [3.63, 3.8) is 0 Å². The molecule has 1 amide bonds. The average Bonchev–Trinajstić information content (AvgIpc) is 3.52. The van der Waals surface area contributed by atoms with E-state index in [1.165, 1.54) is 24.3 Å². The lowest BCUT2D eigenvalue weighted by Crippen LogP contribution is -2.28. The summed E-state index contributed by atoms with van der Waals surface area (Å²) in [6.45, 7) is 1.84. The quantitative estimate of drug-likeness (QED) is 0.545. The number of carbonyl (C=O) groups excluding carboxylic acids is 1. The van der Waals surface area contributed by atoms with Gasteiger partial charge in [-0.15, -0.1) is 8.78 Å². The summed E-state index contributed by atoms with van der Waals surface area (Å²) in [6, 6.07) is 14.2. The summed E-state index contributed by atoms with van der Waals surface area (Å²) in [7, 11) is 0. The van der Waals surface area contributed by atoms with Crippen molar-refractivity contribution in [1.82, 2.24) is 4.98 Å². The van der Waals surface area contributed by atoms with E-state index in [0.717, 1.165) is 5.56 Å². The molecular formula is C24H22F2N2O5. The molecule has 2 N–H and O–H groups in total. The zero-order valence-corrected chi connectivity index (χ0v) is 17.4. The monoisotopic (exact) mass is 456 g/mol. The van der Waals surface area contributed by atoms with Gasteiger partial charge in [-0.05, 0) is 61.2 Å². The van der Waals surface area contributed by atoms with Gasteiger partial charge in [-0.1, -0.05) is 24.3 Å². The molecule has 9 heteroatoms. The fourth-order valence-corrected chi connectivity index (χ4v) is 3.94. The van der Waals surface area contributed by atoms with Crippen LogP contribution in [0.2, 0.25) is 0 Å². The molecule has 1 fully saturated rings. The minimum Gasteiger partial charge on any atom is -0.478 e. The topological polar surface area (TPSA) is 97.8 Å². The number of hydrogen-bond donors (Lipinski definition) is 2. The zero-order valence-electron chi connectivity index (χ0n) is 17.4. The molecule has 0 spiro atoms. The number of carboxylic acid groups (broad SMARTS) is 1. The van der Waals surface area contributed by atoms with Gasteiger partial charge in [0, 0.05) is 8.42 Å². The van der Waals surface area contributed by atoms with Crippen LogP contribution in [-0.2, 0) is 10.2 Å². The van der Waals surface area contributed by atoms with E-state index >= 15 is 0 Å². The van der Waals surface area contributed by atoms with Crippen molar-refractivity contribution in [1.29, 1.82) is 0 Å². The van der Waals surface area contributed by atoms with E-state index in [0.29, 0.717) is 35.5 Å². The number of fused-ring (bicyclic) bond motifs is 1. The van der Waals surface area contributed by atoms with Gasteiger partial charge in [0.1, 0.15) is 5.82 Å². The molecule has 0 atom stereocenters. The normalized spacial score (nSPS) is 16.8. The van der Waals surface area contributed by atoms with Crippen molar-refractivity contribution in [2.24, 2.45) is 0 Å². The minimum absolute atomic E-state index is 0. The number of anilines is 1. The number of ether oxygens (including phenoxy) is 2. The van der Waals surface area contributed by atoms with Crippen LogP contribution in [0.1, 0.15) is 37.2 Å². The Balaban J connectivity index is 0.00000171. The van der Waals surface area contributed by atoms with Crippen molar-refractivity contribution in [2.45, 2.75) is 31.5 Å². The van der Waals surface area contributed by atoms with E-state index in [4.69, 9.17) is 0 Å². The molecule has 3 aromatic rings. The number of aromatic carboxylic acids is 1. The Morgan fingerprint density at radius 2 is 1.82 bits per heavy atom. The predicted molar refractivity (Wildman–Crippen MR) is 118 cm³/mol. The molecule has 33 heavy (non-hydrogen) atoms. The second-order valence-corrected chi connectivity index (χ2v) is 8.11. The highest BCUT2D eigenvalue weighted by molar-refractivity contribution is 6.01. The first kappa shape index (κ1) is 20.9. The highest BCUT2D eigenvalue weighted by Gasteiger charge is 2.53. The first-order valence-corrected chi connectivity index (χ1v) is 10.2. The van der Waals surface area contributed by atoms with Crippen molar-refractivity contribution < 1.29 is 35.8 Å². The lowest BCUT2D eigenvalue weighted by Gasteiger charge is -2.17. The van der Waals surface area contributed by atoms with Crippen LogP contribution in [0.25, 0.3) is 11.3 Å². The molecule has 5 rings (SSSR count). The summed E-state index contributed by atoms with van der Waals surface area (Å²) in [6.07, 6.45) is -2.62. The van der Waals surface area contributed by atoms with Gasteiger partial charge in [-0.2, -0.15) is 0 Å². The summed E-state index contributed by atoms with van der Waals surface area (Å²) in [5, 5.41) is 12.1. The predicted octanol–water partition coefficient (Wildman–Crippen LogP) is 5.24. The number of pyridine rings is 1. The Kier molecular flexibility index (Phi) is 4.59. The van der Waals surface area contributed by atoms with Crippen LogP contribution >= 0.6 is 0 Å². The number of alkyl halides is 2. The fourth-order valence-electron chi connectivity index (χ4n) is 3.94. The largest absolute Gasteiger partial charge is 0.586 e. The van der Waals surface area contributed by atoms with Crippen molar-refractivity contribution in [3.05, 3.63) is 71.3 Å². The van der Waals surface area contributed by atoms with Crippen molar-refractivity contribution >= 4 is 17.7 Å². The maximum absolute atomic E-state index is 13.3. The zero-order chi connectivity index (χ0) is 23.4. The van der Waals surface area contributed by atoms with Crippen LogP contribution < -0.4 is 14.8 Å². The third kappa shape index (κ3) is 3.75. The van der Waals surface area contributed by atoms with Gasteiger partial charge in [0.25, 0.3) is 0 Å². The number of benzene rings is 2. The van der Waals surface area contributed by atoms with E-state index in [9.17, 15) is 23.5 Å². The summed E-state index contributed by atoms with van der Waals surface area (Å²) in [5.74, 6) is -1.23. The van der Waals surface area contributed by atoms with E-state index in [1.54, 1.807) is 30.3 Å². The third-order valence-electron chi connectivity index (χ3n) is 5.86. The number of rotatable bonds is 5. The maximum Gasteiger partial charge on any atom is 0.586 e. The molecule has 0 saturated heterocycles. The van der Waals surface area contributed by atoms with Crippen molar-refractivity contribution in [2.75, 3.05) is 5.32 Å². The number of hydrogen-bond acceptors (Lipinski definition) is 5. The Hall–Kier alpha value is -4.01. The maximum atomic E-state index is 13.3. The Labute approximate surface area is 190 Å². The molecular weight excluding hydrogens is 434 g/mol. The van der Waals surface area contributed by atoms with Crippen LogP contribution in [0.3, 0.4) is 0 Å². The van der Waals surface area contributed by atoms with Gasteiger partial charge in [0.2, 0.25) is 5.91 Å². The smallest absolute Gasteiger partial charge is 0.478 e. The molecule has 1 saturated carbocycles. The molecule has 7 nitrogen and oxygen atoms in total. The lowest BCUT2D eigenvalue weighted by atomic mass is 9.94. The van der Waals surface area contributed by atoms with Crippen molar-refractivity contribution in [3.8, 4) is 22.8 Å². The molecule has 1 aromatic heterocycles. The molecule has 2 aliphatic rings. The van der Waals surface area contributed by atoms with Crippen LogP contribution in [0.5, 0.6) is 11.5 Å². The molecule has 2 heterocycles. The van der Waals surface area contributed by atoms with Crippen LogP contribution in [0.4, 0.5) is 14.6 Å². The molecule has 1 aliphatic heterocycles. The second-order valence-electron chi connectivity index (χ2n) is 8.11. The van der Waals surface area contributed by atoms with Crippen LogP contribution in [-0.4, -0.2) is 28.3 Å². The third-order valence-corrected chi connectivity index (χ3v) is 5.86. The molecule has 0 unspecified atom stereocenters. The van der Waals surface area contributed by atoms with Crippen LogP contribution in [0.15, 0.2) is 54.6 Å². The molecule has 1 aliphatic carbocycles. The van der Waals surface area contributed by atoms with Gasteiger partial charge >= 0.3 is 12.3 Å². The molecule has 0 radical (unpaired) electrons. The highest BCUT2D eigenvalue weighted by atomic mass is 19.3. The minimum atomic E-state index is -3.72. The summed E-state index contributed by atoms with van der Waals surface area (Å²) in [4.78, 5) is 29.0. The SMILES string of the molecule is Cc1ccc(NC(=O)C2(c3ccc4c(c3)OC(F)(F)O4)CC2)nc1-c1cccc(C(=O)O)c1.[HH].[HH]. The fraction of sp³-hybridized carbons (Fsp3) is 0.208. The van der Waals surface area contributed by atoms with Gasteiger partial charge in [-0.3, -0.25) is 4.79 Å². The number of aryl methyl sites for hydroxylation is 1. The first-order chi connectivity index (χ1) is 15.7. The average molecular weight is 456 g/mol. The number of nitrogens with zero attached hydrogens (tertiary/aromatic N) is 1. The number of aromatic nitrogens is 1. The Bertz CT molecular complexity index is 1310. The Morgan fingerprint density at radius 3 is 2.55 bits per heavy atom. The summed E-state index contributed by atoms with van der Waals surface area (Å²) in [5.41, 5.74) is 1.79. The molecule has 172 valence electrons. The second kappa shape index (κ2) is 7.26. The number of amides is 1. The van der Waals surface area contributed by atoms with E-state index < -0.39 is 17.7 Å². The lowest BCUT2D eigenvalue weighted by molar-refractivity contribution is -0.286. The van der Waals surface area contributed by atoms with Gasteiger partial charge < -0.3 is 19.9 Å². The number of carboxylic acids is 1. The number of nitrogens with one attached hydrogen (secondary N) is 1. The van der Waals surface area contributed by atoms with Crippen LogP contribution in [0, 0.1) is 6.92 Å². The molecule has 0 bridgehead atoms. The standard InChI is InChI=1S/C24H18F2N2O5.2H2/c1-13-5-8-19(27-20(13)14-3-2-4-15(11-14)21(29)30)28-22(31)23(9-10-23)16-6-7-17-18(12-16)33-24(25,26)32-17;;/h2-8,11-12H,9-10H2,1H3,(H,29,30)(H,27,28,31);2*1H. The van der Waals surface area contributed by atoms with E-state index in [-0.39, 0.29) is 25.8 Å². The molecule has 2 aromatic carbocycles.